The van der Waals surface area contributed by atoms with E-state index in [0.717, 1.165) is 43.1 Å². The third-order valence-electron chi connectivity index (χ3n) is 13.3. The van der Waals surface area contributed by atoms with Gasteiger partial charge in [-0.2, -0.15) is 0 Å². The zero-order valence-electron chi connectivity index (χ0n) is 35.2. The Labute approximate surface area is 352 Å². The van der Waals surface area contributed by atoms with E-state index in [0.29, 0.717) is 55.6 Å². The first-order chi connectivity index (χ1) is 28.5. The van der Waals surface area contributed by atoms with Crippen molar-refractivity contribution in [2.24, 2.45) is 17.3 Å². The van der Waals surface area contributed by atoms with Gasteiger partial charge in [-0.25, -0.2) is 18.2 Å². The number of carbonyl (C=O) groups is 4. The molecule has 0 unspecified atom stereocenters. The van der Waals surface area contributed by atoms with Crippen molar-refractivity contribution in [2.75, 3.05) is 19.7 Å². The van der Waals surface area contributed by atoms with Gasteiger partial charge in [-0.3, -0.25) is 19.1 Å². The van der Waals surface area contributed by atoms with E-state index in [-0.39, 0.29) is 31.4 Å². The highest BCUT2D eigenvalue weighted by Crippen LogP contribution is 2.47. The van der Waals surface area contributed by atoms with Crippen LogP contribution in [0.25, 0.3) is 10.9 Å². The Hall–Kier alpha value is -4.44. The lowest BCUT2D eigenvalue weighted by Crippen LogP contribution is -2.60. The molecule has 7 atom stereocenters. The number of carbonyl (C=O) groups excluding carboxylic acids is 4. The number of fused-ring (bicyclic) bond motifs is 5. The fraction of sp³-hybridized carbons (Fsp3) is 0.659. The first-order valence-corrected chi connectivity index (χ1v) is 23.2. The van der Waals surface area contributed by atoms with Crippen molar-refractivity contribution in [1.29, 1.82) is 0 Å². The number of hydrogen-bond acceptors (Lipinski definition) is 11. The number of ether oxygens (including phenoxy) is 3. The van der Waals surface area contributed by atoms with Crippen molar-refractivity contribution >= 4 is 44.7 Å². The number of alkyl carbamates (subject to hydrolysis) is 1. The molecule has 60 heavy (non-hydrogen) atoms. The Morgan fingerprint density at radius 3 is 2.55 bits per heavy atom. The molecular formula is C44H60N6O9S. The average Bonchev–Trinajstić information content (AvgIpc) is 4.03. The number of sulfonamides is 1. The summed E-state index contributed by atoms with van der Waals surface area (Å²) in [5.74, 6) is -1.20. The van der Waals surface area contributed by atoms with Crippen LogP contribution in [0.15, 0.2) is 36.9 Å². The molecule has 0 radical (unpaired) electrons. The molecule has 2 bridgehead atoms. The summed E-state index contributed by atoms with van der Waals surface area (Å²) in [6.07, 6.45) is 8.28. The lowest BCUT2D eigenvalue weighted by atomic mass is 9.85. The average molecular weight is 849 g/mol. The Balaban J connectivity index is 1.13. The van der Waals surface area contributed by atoms with E-state index in [4.69, 9.17) is 19.2 Å². The smallest absolute Gasteiger partial charge is 0.408 e. The topological polar surface area (TPSA) is 194 Å². The van der Waals surface area contributed by atoms with Crippen LogP contribution in [0.1, 0.15) is 104 Å². The highest BCUT2D eigenvalue weighted by molar-refractivity contribution is 7.91. The van der Waals surface area contributed by atoms with E-state index in [1.807, 2.05) is 45.0 Å². The predicted molar refractivity (Wildman–Crippen MR) is 224 cm³/mol. The maximum absolute atomic E-state index is 14.8. The molecule has 4 aliphatic carbocycles. The van der Waals surface area contributed by atoms with Crippen molar-refractivity contribution in [1.82, 2.24) is 30.6 Å². The summed E-state index contributed by atoms with van der Waals surface area (Å²) in [7, 11) is -4.01. The van der Waals surface area contributed by atoms with Crippen molar-refractivity contribution in [3.05, 3.63) is 42.5 Å². The molecule has 1 aromatic carbocycles. The van der Waals surface area contributed by atoms with Crippen LogP contribution in [0, 0.1) is 17.3 Å². The summed E-state index contributed by atoms with van der Waals surface area (Å²) < 4.78 is 46.7. The van der Waals surface area contributed by atoms with Crippen LogP contribution in [0.5, 0.6) is 11.6 Å². The molecule has 0 spiro atoms. The Morgan fingerprint density at radius 2 is 1.85 bits per heavy atom. The van der Waals surface area contributed by atoms with Gasteiger partial charge in [-0.05, 0) is 88.2 Å². The van der Waals surface area contributed by atoms with E-state index >= 15 is 0 Å². The Kier molecular flexibility index (Phi) is 11.3. The van der Waals surface area contributed by atoms with Crippen molar-refractivity contribution < 1.29 is 41.8 Å². The maximum atomic E-state index is 14.8. The second kappa shape index (κ2) is 16.1. The molecule has 4 N–H and O–H groups in total. The quantitative estimate of drug-likeness (QED) is 0.185. The molecule has 1 aromatic heterocycles. The highest BCUT2D eigenvalue weighted by Gasteiger charge is 2.63. The van der Waals surface area contributed by atoms with E-state index in [2.05, 4.69) is 27.3 Å². The normalized spacial score (nSPS) is 30.2. The zero-order valence-corrected chi connectivity index (χ0v) is 36.0. The molecule has 15 nitrogen and oxygen atoms in total. The van der Waals surface area contributed by atoms with Gasteiger partial charge in [0.15, 0.2) is 0 Å². The summed E-state index contributed by atoms with van der Waals surface area (Å²) in [4.78, 5) is 63.0. The summed E-state index contributed by atoms with van der Waals surface area (Å²) in [6.45, 7) is 12.0. The number of aromatic nitrogens is 1. The molecule has 3 heterocycles. The molecule has 4 saturated carbocycles. The number of nitrogens with one attached hydrogen (secondary N) is 4. The minimum atomic E-state index is -4.01. The molecule has 16 heteroatoms. The van der Waals surface area contributed by atoms with Crippen LogP contribution < -0.4 is 30.1 Å². The SMILES string of the molecule is C=C[C@@H]1C[C@]1(NC(=O)[C@@H]1C[C@@H]2CN1C(=O)[C@H](C(C)(C)C)NC(=O)O[C@@H]1C[C@H]1CCCCCc1c(nc3ccccc3c1OCCNC1CC1)O2)C(=O)NS(=O)(=O)C1(C)CC1. The van der Waals surface area contributed by atoms with Gasteiger partial charge in [0.25, 0.3) is 5.91 Å². The highest BCUT2D eigenvalue weighted by atomic mass is 32.2. The largest absolute Gasteiger partial charge is 0.491 e. The molecule has 2 aromatic rings. The van der Waals surface area contributed by atoms with Gasteiger partial charge in [-0.1, -0.05) is 51.8 Å². The van der Waals surface area contributed by atoms with Gasteiger partial charge in [0.1, 0.15) is 42.2 Å². The van der Waals surface area contributed by atoms with Gasteiger partial charge >= 0.3 is 6.09 Å². The molecule has 2 aliphatic heterocycles. The molecule has 8 rings (SSSR count). The number of pyridine rings is 1. The number of rotatable bonds is 11. The summed E-state index contributed by atoms with van der Waals surface area (Å²) >= 11 is 0. The fourth-order valence-electron chi connectivity index (χ4n) is 8.69. The molecule has 6 aliphatic rings. The van der Waals surface area contributed by atoms with Gasteiger partial charge in [0.2, 0.25) is 27.7 Å². The number of nitrogens with zero attached hydrogens (tertiary/aromatic N) is 2. The molecule has 4 amide bonds. The monoisotopic (exact) mass is 848 g/mol. The van der Waals surface area contributed by atoms with E-state index in [1.165, 1.54) is 23.8 Å². The van der Waals surface area contributed by atoms with E-state index in [1.54, 1.807) is 6.92 Å². The second-order valence-electron chi connectivity index (χ2n) is 19.2. The predicted octanol–water partition coefficient (Wildman–Crippen LogP) is 4.42. The van der Waals surface area contributed by atoms with Gasteiger partial charge in [0.05, 0.1) is 22.4 Å². The Bertz CT molecular complexity index is 2150. The fourth-order valence-corrected chi connectivity index (χ4v) is 10.0. The van der Waals surface area contributed by atoms with Crippen molar-refractivity contribution in [3.63, 3.8) is 0 Å². The van der Waals surface area contributed by atoms with Gasteiger partial charge in [0, 0.05) is 30.3 Å². The number of hydrogen-bond donors (Lipinski definition) is 4. The lowest BCUT2D eigenvalue weighted by molar-refractivity contribution is -0.142. The van der Waals surface area contributed by atoms with E-state index in [9.17, 15) is 27.6 Å². The number of amides is 4. The third kappa shape index (κ3) is 8.81. The maximum Gasteiger partial charge on any atom is 0.408 e. The van der Waals surface area contributed by atoms with Crippen LogP contribution >= 0.6 is 0 Å². The van der Waals surface area contributed by atoms with Crippen LogP contribution in [0.2, 0.25) is 0 Å². The minimum Gasteiger partial charge on any atom is -0.491 e. The molecule has 326 valence electrons. The second-order valence-corrected chi connectivity index (χ2v) is 21.4. The van der Waals surface area contributed by atoms with Gasteiger partial charge in [-0.15, -0.1) is 6.58 Å². The molecule has 1 saturated heterocycles. The zero-order chi connectivity index (χ0) is 42.6. The lowest BCUT2D eigenvalue weighted by Gasteiger charge is -2.35. The first-order valence-electron chi connectivity index (χ1n) is 21.8. The van der Waals surface area contributed by atoms with Crippen LogP contribution in [0.4, 0.5) is 4.79 Å². The summed E-state index contributed by atoms with van der Waals surface area (Å²) in [6, 6.07) is 6.07. The standard InChI is InChI=1S/C44H60N6O9S/c1-6-27-24-44(27,40(53)49-60(55,56)43(5)18-19-43)48-37(51)33-23-29-25-50(33)39(52)36(42(2,3)4)47-41(54)59-34-22-26(34)12-8-7-9-14-31-35(57-21-20-45-28-16-17-28)30-13-10-11-15-32(30)46-38(31)58-29/h6,10-11,13,15,26-29,33-34,36,45H,1,7-9,12,14,16-25H2,2-5H3,(H,47,54)(H,48,51)(H,49,53)/t26-,27-,29-,33+,34-,36-,44-/m1/s1. The van der Waals surface area contributed by atoms with Crippen molar-refractivity contribution in [2.45, 2.75) is 145 Å². The van der Waals surface area contributed by atoms with Crippen LogP contribution in [-0.4, -0.2) is 102 Å². The Morgan fingerprint density at radius 1 is 1.08 bits per heavy atom. The number of benzene rings is 1. The molecular weight excluding hydrogens is 789 g/mol. The van der Waals surface area contributed by atoms with E-state index < -0.39 is 73.6 Å². The minimum absolute atomic E-state index is 0.0306. The summed E-state index contributed by atoms with van der Waals surface area (Å²) in [5.41, 5.74) is -0.859. The van der Waals surface area contributed by atoms with Crippen LogP contribution in [0.3, 0.4) is 0 Å². The van der Waals surface area contributed by atoms with Crippen LogP contribution in [-0.2, 0) is 35.6 Å². The van der Waals surface area contributed by atoms with Crippen molar-refractivity contribution in [3.8, 4) is 11.6 Å². The van der Waals surface area contributed by atoms with Gasteiger partial charge < -0.3 is 35.1 Å². The summed E-state index contributed by atoms with van der Waals surface area (Å²) in [5, 5.41) is 10.1. The first kappa shape index (κ1) is 42.3. The number of para-hydroxylation sites is 1. The third-order valence-corrected chi connectivity index (χ3v) is 15.4. The molecule has 5 fully saturated rings.